The number of nitrogens with one attached hydrogen (secondary N) is 1. The molecule has 18 heavy (non-hydrogen) atoms. The van der Waals surface area contributed by atoms with Gasteiger partial charge in [-0.1, -0.05) is 0 Å². The molecule has 1 saturated heterocycles. The van der Waals surface area contributed by atoms with Gasteiger partial charge >= 0.3 is 6.09 Å². The molecule has 6 nitrogen and oxygen atoms in total. The lowest BCUT2D eigenvalue weighted by molar-refractivity contribution is -0.133. The molecule has 0 aromatic rings. The molecule has 1 fully saturated rings. The van der Waals surface area contributed by atoms with Crippen LogP contribution in [0, 0.1) is 0 Å². The highest BCUT2D eigenvalue weighted by atomic mass is 16.6. The predicted molar refractivity (Wildman–Crippen MR) is 65.0 cm³/mol. The largest absolute Gasteiger partial charge is 0.444 e. The van der Waals surface area contributed by atoms with Gasteiger partial charge in [0.2, 0.25) is 5.91 Å². The van der Waals surface area contributed by atoms with Crippen LogP contribution in [0.25, 0.3) is 0 Å². The maximum atomic E-state index is 11.8. The van der Waals surface area contributed by atoms with E-state index in [1.165, 1.54) is 4.90 Å². The summed E-state index contributed by atoms with van der Waals surface area (Å²) in [6.45, 7) is 5.67. The Kier molecular flexibility index (Phi) is 4.69. The molecule has 0 saturated carbocycles. The Hall–Kier alpha value is -1.59. The van der Waals surface area contributed by atoms with Crippen LogP contribution in [0.1, 0.15) is 33.6 Å². The molecule has 1 heterocycles. The lowest BCUT2D eigenvalue weighted by Gasteiger charge is -2.22. The second-order valence-corrected chi connectivity index (χ2v) is 5.29. The van der Waals surface area contributed by atoms with Crippen LogP contribution < -0.4 is 5.32 Å². The topological polar surface area (TPSA) is 75.7 Å². The average molecular weight is 256 g/mol. The highest BCUT2D eigenvalue weighted by Crippen LogP contribution is 2.15. The second kappa shape index (κ2) is 5.84. The fraction of sp³-hybridized carbons (Fsp3) is 0.750. The molecule has 6 heteroatoms. The Bertz CT molecular complexity index is 335. The number of hydrogen-bond acceptors (Lipinski definition) is 4. The van der Waals surface area contributed by atoms with Crippen LogP contribution >= 0.6 is 0 Å². The van der Waals surface area contributed by atoms with E-state index in [0.717, 1.165) is 12.7 Å². The molecule has 0 aliphatic carbocycles. The number of aldehydes is 1. The van der Waals surface area contributed by atoms with Crippen molar-refractivity contribution in [2.24, 2.45) is 0 Å². The summed E-state index contributed by atoms with van der Waals surface area (Å²) in [5, 5.41) is 2.39. The highest BCUT2D eigenvalue weighted by molar-refractivity contribution is 5.84. The van der Waals surface area contributed by atoms with Crippen molar-refractivity contribution < 1.29 is 19.1 Å². The van der Waals surface area contributed by atoms with E-state index in [0.29, 0.717) is 13.0 Å². The van der Waals surface area contributed by atoms with E-state index in [1.54, 1.807) is 20.8 Å². The molecule has 0 radical (unpaired) electrons. The molecular weight excluding hydrogens is 236 g/mol. The van der Waals surface area contributed by atoms with Crippen LogP contribution in [0.3, 0.4) is 0 Å². The van der Waals surface area contributed by atoms with Crippen LogP contribution in [-0.2, 0) is 14.3 Å². The normalized spacial score (nSPS) is 19.5. The molecule has 0 aromatic heterocycles. The molecule has 0 spiro atoms. The molecule has 0 bridgehead atoms. The molecule has 2 amide bonds. The molecule has 1 aliphatic rings. The number of carbonyl (C=O) groups is 3. The van der Waals surface area contributed by atoms with E-state index in [9.17, 15) is 14.4 Å². The van der Waals surface area contributed by atoms with Gasteiger partial charge in [-0.3, -0.25) is 4.79 Å². The Labute approximate surface area is 107 Å². The Balaban J connectivity index is 2.37. The quantitative estimate of drug-likeness (QED) is 0.754. The average Bonchev–Trinajstić information content (AvgIpc) is 2.71. The van der Waals surface area contributed by atoms with Crippen molar-refractivity contribution in [3.05, 3.63) is 0 Å². The number of rotatable bonds is 3. The van der Waals surface area contributed by atoms with Crippen LogP contribution in [0.2, 0.25) is 0 Å². The third-order valence-corrected chi connectivity index (χ3v) is 2.56. The van der Waals surface area contributed by atoms with Crippen molar-refractivity contribution in [1.29, 1.82) is 0 Å². The molecule has 1 atom stereocenters. The number of likely N-dealkylation sites (tertiary alicyclic amines) is 1. The van der Waals surface area contributed by atoms with Crippen molar-refractivity contribution in [2.75, 3.05) is 13.1 Å². The fourth-order valence-electron chi connectivity index (χ4n) is 1.81. The zero-order valence-corrected chi connectivity index (χ0v) is 11.1. The van der Waals surface area contributed by atoms with Crippen molar-refractivity contribution >= 4 is 18.3 Å². The summed E-state index contributed by atoms with van der Waals surface area (Å²) < 4.78 is 5.01. The van der Waals surface area contributed by atoms with Gasteiger partial charge in [-0.25, -0.2) is 4.79 Å². The maximum Gasteiger partial charge on any atom is 0.408 e. The van der Waals surface area contributed by atoms with Gasteiger partial charge in [0.1, 0.15) is 18.4 Å². The lowest BCUT2D eigenvalue weighted by atomic mass is 10.2. The van der Waals surface area contributed by atoms with Gasteiger partial charge in [-0.05, 0) is 33.6 Å². The summed E-state index contributed by atoms with van der Waals surface area (Å²) in [5.41, 5.74) is -0.591. The van der Waals surface area contributed by atoms with Crippen LogP contribution in [0.5, 0.6) is 0 Å². The van der Waals surface area contributed by atoms with E-state index >= 15 is 0 Å². The summed E-state index contributed by atoms with van der Waals surface area (Å²) in [5.74, 6) is -0.254. The van der Waals surface area contributed by atoms with Gasteiger partial charge in [-0.15, -0.1) is 0 Å². The van der Waals surface area contributed by atoms with Crippen molar-refractivity contribution in [1.82, 2.24) is 10.2 Å². The Morgan fingerprint density at radius 3 is 2.67 bits per heavy atom. The highest BCUT2D eigenvalue weighted by Gasteiger charge is 2.28. The number of nitrogens with zero attached hydrogens (tertiary/aromatic N) is 1. The van der Waals surface area contributed by atoms with Gasteiger partial charge in [0.15, 0.2) is 0 Å². The van der Waals surface area contributed by atoms with E-state index in [1.807, 2.05) is 0 Å². The van der Waals surface area contributed by atoms with Crippen molar-refractivity contribution in [3.63, 3.8) is 0 Å². The minimum Gasteiger partial charge on any atom is -0.444 e. The van der Waals surface area contributed by atoms with Crippen molar-refractivity contribution in [3.8, 4) is 0 Å². The molecule has 1 rings (SSSR count). The zero-order valence-electron chi connectivity index (χ0n) is 11.1. The summed E-state index contributed by atoms with van der Waals surface area (Å²) in [7, 11) is 0. The van der Waals surface area contributed by atoms with Gasteiger partial charge in [-0.2, -0.15) is 0 Å². The molecule has 1 aliphatic heterocycles. The molecular formula is C12H20N2O4. The van der Waals surface area contributed by atoms with E-state index in [-0.39, 0.29) is 18.5 Å². The number of hydrogen-bond donors (Lipinski definition) is 1. The van der Waals surface area contributed by atoms with Crippen LogP contribution in [0.15, 0.2) is 0 Å². The smallest absolute Gasteiger partial charge is 0.408 e. The standard InChI is InChI=1S/C12H20N2O4/c1-12(2,3)18-11(17)13-7-10(16)14-6-4-5-9(14)8-15/h8-9H,4-7H2,1-3H3,(H,13,17). The maximum absolute atomic E-state index is 11.8. The van der Waals surface area contributed by atoms with E-state index in [2.05, 4.69) is 5.32 Å². The minimum absolute atomic E-state index is 0.140. The first-order chi connectivity index (χ1) is 8.33. The van der Waals surface area contributed by atoms with Gasteiger partial charge in [0.05, 0.1) is 6.04 Å². The number of alkyl carbamates (subject to hydrolysis) is 1. The summed E-state index contributed by atoms with van der Waals surface area (Å²) in [4.78, 5) is 35.4. The molecule has 0 aromatic carbocycles. The Morgan fingerprint density at radius 2 is 2.11 bits per heavy atom. The predicted octanol–water partition coefficient (Wildman–Crippen LogP) is 0.701. The van der Waals surface area contributed by atoms with E-state index in [4.69, 9.17) is 4.74 Å². The number of ether oxygens (including phenoxy) is 1. The van der Waals surface area contributed by atoms with Crippen molar-refractivity contribution in [2.45, 2.75) is 45.3 Å². The minimum atomic E-state index is -0.627. The second-order valence-electron chi connectivity index (χ2n) is 5.29. The monoisotopic (exact) mass is 256 g/mol. The SMILES string of the molecule is CC(C)(C)OC(=O)NCC(=O)N1CCCC1C=O. The molecule has 102 valence electrons. The summed E-state index contributed by atoms with van der Waals surface area (Å²) in [6, 6.07) is -0.349. The first kappa shape index (κ1) is 14.5. The van der Waals surface area contributed by atoms with Crippen LogP contribution in [-0.4, -0.2) is 47.9 Å². The Morgan fingerprint density at radius 1 is 1.44 bits per heavy atom. The van der Waals surface area contributed by atoms with Gasteiger partial charge in [0.25, 0.3) is 0 Å². The van der Waals surface area contributed by atoms with E-state index < -0.39 is 11.7 Å². The van der Waals surface area contributed by atoms with Crippen LogP contribution in [0.4, 0.5) is 4.79 Å². The van der Waals surface area contributed by atoms with Gasteiger partial charge in [0, 0.05) is 6.54 Å². The number of carbonyl (C=O) groups excluding carboxylic acids is 3. The lowest BCUT2D eigenvalue weighted by Crippen LogP contribution is -2.44. The first-order valence-electron chi connectivity index (χ1n) is 6.05. The third-order valence-electron chi connectivity index (χ3n) is 2.56. The third kappa shape index (κ3) is 4.35. The zero-order chi connectivity index (χ0) is 13.8. The summed E-state index contributed by atoms with van der Waals surface area (Å²) in [6.07, 6.45) is 1.67. The molecule has 1 unspecified atom stereocenters. The van der Waals surface area contributed by atoms with Gasteiger partial charge < -0.3 is 19.7 Å². The summed E-state index contributed by atoms with van der Waals surface area (Å²) >= 11 is 0. The molecule has 1 N–H and O–H groups in total. The number of amides is 2. The fourth-order valence-corrected chi connectivity index (χ4v) is 1.81. The first-order valence-corrected chi connectivity index (χ1v) is 6.05.